The normalized spacial score (nSPS) is 14.1. The van der Waals surface area contributed by atoms with E-state index in [1.165, 1.54) is 0 Å². The minimum atomic E-state index is 0.332. The third-order valence-corrected chi connectivity index (χ3v) is 2.23. The molecular weight excluding hydrogens is 164 g/mol. The average molecular weight is 188 g/mol. The third-order valence-electron chi connectivity index (χ3n) is 2.23. The first-order valence-electron chi connectivity index (χ1n) is 5.09. The van der Waals surface area contributed by atoms with Crippen molar-refractivity contribution in [3.63, 3.8) is 0 Å². The molecule has 1 unspecified atom stereocenters. The van der Waals surface area contributed by atoms with Gasteiger partial charge in [0.25, 0.3) is 0 Å². The molecule has 0 bridgehead atoms. The fourth-order valence-electron chi connectivity index (χ4n) is 1.11. The number of hydrogen-bond acceptors (Lipinski definition) is 3. The van der Waals surface area contributed by atoms with Gasteiger partial charge < -0.3 is 15.4 Å². The molecule has 0 saturated heterocycles. The van der Waals surface area contributed by atoms with Crippen LogP contribution in [0.4, 0.5) is 0 Å². The number of nitrogens with two attached hydrogens (primary N) is 1. The van der Waals surface area contributed by atoms with E-state index < -0.39 is 0 Å². The van der Waals surface area contributed by atoms with Crippen molar-refractivity contribution in [1.82, 2.24) is 4.90 Å². The second kappa shape index (κ2) is 7.30. The number of ether oxygens (including phenoxy) is 1. The third kappa shape index (κ3) is 6.99. The molecule has 0 aliphatic heterocycles. The Morgan fingerprint density at radius 2 is 1.92 bits per heavy atom. The van der Waals surface area contributed by atoms with Crippen molar-refractivity contribution < 1.29 is 4.74 Å². The molecule has 0 aliphatic carbocycles. The SMILES string of the molecule is CC(C)OCCN(C)C(C)CCN. The van der Waals surface area contributed by atoms with E-state index in [9.17, 15) is 0 Å². The molecule has 0 aromatic rings. The van der Waals surface area contributed by atoms with Gasteiger partial charge in [0, 0.05) is 12.6 Å². The minimum absolute atomic E-state index is 0.332. The lowest BCUT2D eigenvalue weighted by Gasteiger charge is -2.24. The van der Waals surface area contributed by atoms with Crippen molar-refractivity contribution in [2.75, 3.05) is 26.7 Å². The van der Waals surface area contributed by atoms with E-state index in [0.29, 0.717) is 12.1 Å². The molecule has 0 radical (unpaired) electrons. The predicted octanol–water partition coefficient (Wildman–Crippen LogP) is 1.08. The second-order valence-electron chi connectivity index (χ2n) is 3.83. The smallest absolute Gasteiger partial charge is 0.0596 e. The van der Waals surface area contributed by atoms with Crippen LogP contribution in [0.15, 0.2) is 0 Å². The van der Waals surface area contributed by atoms with Crippen molar-refractivity contribution in [3.05, 3.63) is 0 Å². The van der Waals surface area contributed by atoms with E-state index in [2.05, 4.69) is 32.7 Å². The Kier molecular flexibility index (Phi) is 7.23. The quantitative estimate of drug-likeness (QED) is 0.650. The van der Waals surface area contributed by atoms with Gasteiger partial charge in [0.2, 0.25) is 0 Å². The summed E-state index contributed by atoms with van der Waals surface area (Å²) in [5.74, 6) is 0. The summed E-state index contributed by atoms with van der Waals surface area (Å²) in [6, 6.07) is 0.556. The fraction of sp³-hybridized carbons (Fsp3) is 1.00. The Morgan fingerprint density at radius 1 is 1.31 bits per heavy atom. The van der Waals surface area contributed by atoms with Gasteiger partial charge >= 0.3 is 0 Å². The molecule has 3 heteroatoms. The number of hydrogen-bond donors (Lipinski definition) is 1. The second-order valence-corrected chi connectivity index (χ2v) is 3.83. The van der Waals surface area contributed by atoms with E-state index in [-0.39, 0.29) is 0 Å². The van der Waals surface area contributed by atoms with Gasteiger partial charge in [-0.2, -0.15) is 0 Å². The average Bonchev–Trinajstić information content (AvgIpc) is 2.04. The molecule has 0 amide bonds. The molecule has 2 N–H and O–H groups in total. The van der Waals surface area contributed by atoms with Gasteiger partial charge in [-0.25, -0.2) is 0 Å². The summed E-state index contributed by atoms with van der Waals surface area (Å²) in [6.07, 6.45) is 1.39. The minimum Gasteiger partial charge on any atom is -0.377 e. The molecule has 0 saturated carbocycles. The molecule has 3 nitrogen and oxygen atoms in total. The van der Waals surface area contributed by atoms with E-state index in [4.69, 9.17) is 10.5 Å². The lowest BCUT2D eigenvalue weighted by Crippen LogP contribution is -2.34. The summed E-state index contributed by atoms with van der Waals surface area (Å²) in [4.78, 5) is 2.29. The first-order valence-corrected chi connectivity index (χ1v) is 5.09. The van der Waals surface area contributed by atoms with Gasteiger partial charge in [-0.1, -0.05) is 0 Å². The van der Waals surface area contributed by atoms with Gasteiger partial charge in [0.15, 0.2) is 0 Å². The van der Waals surface area contributed by atoms with Crippen LogP contribution >= 0.6 is 0 Å². The van der Waals surface area contributed by atoms with Crippen LogP contribution in [0, 0.1) is 0 Å². The zero-order chi connectivity index (χ0) is 10.3. The van der Waals surface area contributed by atoms with Crippen LogP contribution in [0.2, 0.25) is 0 Å². The maximum absolute atomic E-state index is 5.49. The Hall–Kier alpha value is -0.120. The Bertz CT molecular complexity index is 117. The van der Waals surface area contributed by atoms with Crippen molar-refractivity contribution in [1.29, 1.82) is 0 Å². The first kappa shape index (κ1) is 12.9. The van der Waals surface area contributed by atoms with Gasteiger partial charge in [0.1, 0.15) is 0 Å². The monoisotopic (exact) mass is 188 g/mol. The fourth-order valence-corrected chi connectivity index (χ4v) is 1.11. The number of nitrogens with zero attached hydrogens (tertiary/aromatic N) is 1. The Labute approximate surface area is 82.2 Å². The van der Waals surface area contributed by atoms with Crippen molar-refractivity contribution in [2.24, 2.45) is 5.73 Å². The van der Waals surface area contributed by atoms with Gasteiger partial charge in [0.05, 0.1) is 12.7 Å². The van der Waals surface area contributed by atoms with Gasteiger partial charge in [-0.3, -0.25) is 0 Å². The standard InChI is InChI=1S/C10H24N2O/c1-9(2)13-8-7-12(4)10(3)5-6-11/h9-10H,5-8,11H2,1-4H3. The summed E-state index contributed by atoms with van der Waals surface area (Å²) in [5.41, 5.74) is 5.49. The van der Waals surface area contributed by atoms with Crippen LogP contribution in [0.25, 0.3) is 0 Å². The Balaban J connectivity index is 3.43. The first-order chi connectivity index (χ1) is 6.07. The topological polar surface area (TPSA) is 38.5 Å². The van der Waals surface area contributed by atoms with E-state index in [0.717, 1.165) is 26.1 Å². The molecule has 0 aliphatic rings. The van der Waals surface area contributed by atoms with Crippen LogP contribution in [0.5, 0.6) is 0 Å². The van der Waals surface area contributed by atoms with Crippen molar-refractivity contribution in [2.45, 2.75) is 39.3 Å². The van der Waals surface area contributed by atoms with Crippen LogP contribution in [0.1, 0.15) is 27.2 Å². The van der Waals surface area contributed by atoms with Crippen LogP contribution in [-0.2, 0) is 4.74 Å². The van der Waals surface area contributed by atoms with Crippen molar-refractivity contribution in [3.8, 4) is 0 Å². The lowest BCUT2D eigenvalue weighted by atomic mass is 10.2. The summed E-state index contributed by atoms with van der Waals surface area (Å²) >= 11 is 0. The summed E-state index contributed by atoms with van der Waals surface area (Å²) in [5, 5.41) is 0. The van der Waals surface area contributed by atoms with Crippen LogP contribution in [-0.4, -0.2) is 43.8 Å². The highest BCUT2D eigenvalue weighted by Gasteiger charge is 2.07. The maximum atomic E-state index is 5.49. The highest BCUT2D eigenvalue weighted by Crippen LogP contribution is 1.99. The molecule has 13 heavy (non-hydrogen) atoms. The molecular formula is C10H24N2O. The maximum Gasteiger partial charge on any atom is 0.0596 e. The van der Waals surface area contributed by atoms with E-state index in [1.807, 2.05) is 0 Å². The van der Waals surface area contributed by atoms with E-state index in [1.54, 1.807) is 0 Å². The Morgan fingerprint density at radius 3 is 2.38 bits per heavy atom. The predicted molar refractivity (Wildman–Crippen MR) is 56.9 cm³/mol. The van der Waals surface area contributed by atoms with Crippen LogP contribution in [0.3, 0.4) is 0 Å². The highest BCUT2D eigenvalue weighted by molar-refractivity contribution is 4.63. The molecule has 80 valence electrons. The van der Waals surface area contributed by atoms with Gasteiger partial charge in [-0.05, 0) is 40.8 Å². The zero-order valence-corrected chi connectivity index (χ0v) is 9.42. The molecule has 0 rings (SSSR count). The number of likely N-dealkylation sites (N-methyl/N-ethyl adjacent to an activating group) is 1. The molecule has 1 atom stereocenters. The summed E-state index contributed by atoms with van der Waals surface area (Å²) in [6.45, 7) is 8.87. The summed E-state index contributed by atoms with van der Waals surface area (Å²) in [7, 11) is 2.12. The molecule has 0 aromatic heterocycles. The summed E-state index contributed by atoms with van der Waals surface area (Å²) < 4.78 is 5.47. The highest BCUT2D eigenvalue weighted by atomic mass is 16.5. The van der Waals surface area contributed by atoms with Crippen LogP contribution < -0.4 is 5.73 Å². The molecule has 0 heterocycles. The van der Waals surface area contributed by atoms with E-state index >= 15 is 0 Å². The molecule has 0 aromatic carbocycles. The number of rotatable bonds is 7. The lowest BCUT2D eigenvalue weighted by molar-refractivity contribution is 0.0568. The zero-order valence-electron chi connectivity index (χ0n) is 9.42. The van der Waals surface area contributed by atoms with Gasteiger partial charge in [-0.15, -0.1) is 0 Å². The largest absolute Gasteiger partial charge is 0.377 e. The molecule has 0 spiro atoms. The van der Waals surface area contributed by atoms with Crippen molar-refractivity contribution >= 4 is 0 Å². The molecule has 0 fully saturated rings.